The molecule has 27 heavy (non-hydrogen) atoms. The first-order chi connectivity index (χ1) is 13.2. The molecule has 0 radical (unpaired) electrons. The smallest absolute Gasteiger partial charge is 0.276 e. The molecule has 5 heteroatoms. The standard InChI is InChI=1S/C22H22N2O3/c1-15-8-3-4-9-16(15)19-11-7-13-24(19)22(25)18-14-21(27-23-18)17-10-5-6-12-20(17)26-2/h3-6,8-10,12,14,19H,7,11,13H2,1-2H3. The minimum atomic E-state index is -0.0920. The lowest BCUT2D eigenvalue weighted by molar-refractivity contribution is 0.0725. The van der Waals surface area contributed by atoms with Gasteiger partial charge in [0.25, 0.3) is 5.91 Å². The molecule has 1 amide bonds. The van der Waals surface area contributed by atoms with E-state index in [0.717, 1.165) is 24.9 Å². The molecule has 1 saturated heterocycles. The van der Waals surface area contributed by atoms with Gasteiger partial charge in [-0.05, 0) is 43.0 Å². The molecule has 1 atom stereocenters. The summed E-state index contributed by atoms with van der Waals surface area (Å²) in [6.45, 7) is 2.82. The van der Waals surface area contributed by atoms with E-state index in [0.29, 0.717) is 17.2 Å². The summed E-state index contributed by atoms with van der Waals surface area (Å²) in [5.41, 5.74) is 3.52. The van der Waals surface area contributed by atoms with Crippen molar-refractivity contribution in [1.29, 1.82) is 0 Å². The van der Waals surface area contributed by atoms with Crippen molar-refractivity contribution in [3.63, 3.8) is 0 Å². The van der Waals surface area contributed by atoms with Gasteiger partial charge < -0.3 is 14.2 Å². The minimum absolute atomic E-state index is 0.0881. The highest BCUT2D eigenvalue weighted by Gasteiger charge is 2.33. The van der Waals surface area contributed by atoms with Gasteiger partial charge in [0.05, 0.1) is 18.7 Å². The summed E-state index contributed by atoms with van der Waals surface area (Å²) in [6, 6.07) is 17.6. The Morgan fingerprint density at radius 3 is 2.78 bits per heavy atom. The van der Waals surface area contributed by atoms with E-state index < -0.39 is 0 Å². The fourth-order valence-electron chi connectivity index (χ4n) is 3.79. The molecule has 0 bridgehead atoms. The number of nitrogens with zero attached hydrogens (tertiary/aromatic N) is 2. The number of aryl methyl sites for hydroxylation is 1. The molecule has 0 spiro atoms. The van der Waals surface area contributed by atoms with Crippen molar-refractivity contribution in [2.75, 3.05) is 13.7 Å². The summed E-state index contributed by atoms with van der Waals surface area (Å²) in [4.78, 5) is 15.0. The summed E-state index contributed by atoms with van der Waals surface area (Å²) in [5.74, 6) is 1.12. The maximum Gasteiger partial charge on any atom is 0.276 e. The van der Waals surface area contributed by atoms with Crippen LogP contribution in [0.4, 0.5) is 0 Å². The van der Waals surface area contributed by atoms with E-state index in [-0.39, 0.29) is 11.9 Å². The first-order valence-electron chi connectivity index (χ1n) is 9.15. The average molecular weight is 362 g/mol. The number of hydrogen-bond donors (Lipinski definition) is 0. The number of amides is 1. The van der Waals surface area contributed by atoms with E-state index in [4.69, 9.17) is 9.26 Å². The number of benzene rings is 2. The van der Waals surface area contributed by atoms with Crippen molar-refractivity contribution >= 4 is 5.91 Å². The predicted molar refractivity (Wildman–Crippen MR) is 103 cm³/mol. The van der Waals surface area contributed by atoms with Crippen LogP contribution in [0.5, 0.6) is 5.75 Å². The molecule has 0 aliphatic carbocycles. The zero-order valence-electron chi connectivity index (χ0n) is 15.5. The van der Waals surface area contributed by atoms with Gasteiger partial charge in [0.15, 0.2) is 11.5 Å². The van der Waals surface area contributed by atoms with Gasteiger partial charge >= 0.3 is 0 Å². The fraction of sp³-hybridized carbons (Fsp3) is 0.273. The Kier molecular flexibility index (Phi) is 4.67. The lowest BCUT2D eigenvalue weighted by Gasteiger charge is -2.25. The summed E-state index contributed by atoms with van der Waals surface area (Å²) < 4.78 is 10.8. The van der Waals surface area contributed by atoms with E-state index in [1.54, 1.807) is 13.2 Å². The van der Waals surface area contributed by atoms with E-state index >= 15 is 0 Å². The first kappa shape index (κ1) is 17.3. The van der Waals surface area contributed by atoms with Crippen LogP contribution in [0.1, 0.15) is 40.5 Å². The van der Waals surface area contributed by atoms with Crippen LogP contribution < -0.4 is 4.74 Å². The Morgan fingerprint density at radius 1 is 1.19 bits per heavy atom. The van der Waals surface area contributed by atoms with Gasteiger partial charge in [-0.2, -0.15) is 0 Å². The molecule has 4 rings (SSSR count). The van der Waals surface area contributed by atoms with Crippen LogP contribution in [0.2, 0.25) is 0 Å². The first-order valence-corrected chi connectivity index (χ1v) is 9.15. The largest absolute Gasteiger partial charge is 0.496 e. The number of likely N-dealkylation sites (tertiary alicyclic amines) is 1. The van der Waals surface area contributed by atoms with Gasteiger partial charge in [-0.3, -0.25) is 4.79 Å². The molecule has 2 heterocycles. The summed E-state index contributed by atoms with van der Waals surface area (Å²) in [5, 5.41) is 4.04. The summed E-state index contributed by atoms with van der Waals surface area (Å²) >= 11 is 0. The molecular formula is C22H22N2O3. The van der Waals surface area contributed by atoms with Crippen LogP contribution in [0, 0.1) is 6.92 Å². The second-order valence-corrected chi connectivity index (χ2v) is 6.79. The molecule has 1 aliphatic rings. The fourth-order valence-corrected chi connectivity index (χ4v) is 3.79. The number of aromatic nitrogens is 1. The molecule has 2 aromatic carbocycles. The minimum Gasteiger partial charge on any atom is -0.496 e. The zero-order valence-corrected chi connectivity index (χ0v) is 15.5. The van der Waals surface area contributed by atoms with E-state index in [9.17, 15) is 4.79 Å². The van der Waals surface area contributed by atoms with Gasteiger partial charge in [-0.25, -0.2) is 0 Å². The summed E-state index contributed by atoms with van der Waals surface area (Å²) in [7, 11) is 1.61. The molecule has 1 aliphatic heterocycles. The highest BCUT2D eigenvalue weighted by Crippen LogP contribution is 2.35. The SMILES string of the molecule is COc1ccccc1-c1cc(C(=O)N2CCCC2c2ccccc2C)no1. The van der Waals surface area contributed by atoms with Crippen molar-refractivity contribution < 1.29 is 14.1 Å². The summed E-state index contributed by atoms with van der Waals surface area (Å²) in [6.07, 6.45) is 1.95. The van der Waals surface area contributed by atoms with E-state index in [1.807, 2.05) is 41.3 Å². The Labute approximate surface area is 158 Å². The highest BCUT2D eigenvalue weighted by atomic mass is 16.5. The van der Waals surface area contributed by atoms with Crippen molar-refractivity contribution in [3.05, 3.63) is 71.4 Å². The number of para-hydroxylation sites is 1. The van der Waals surface area contributed by atoms with Crippen molar-refractivity contribution in [2.24, 2.45) is 0 Å². The van der Waals surface area contributed by atoms with Crippen LogP contribution in [0.25, 0.3) is 11.3 Å². The molecule has 1 aromatic heterocycles. The van der Waals surface area contributed by atoms with E-state index in [2.05, 4.69) is 24.2 Å². The lowest BCUT2D eigenvalue weighted by Crippen LogP contribution is -2.31. The molecule has 3 aromatic rings. The van der Waals surface area contributed by atoms with Gasteiger partial charge in [-0.15, -0.1) is 0 Å². The number of rotatable bonds is 4. The maximum atomic E-state index is 13.1. The third-order valence-corrected chi connectivity index (χ3v) is 5.16. The third kappa shape index (κ3) is 3.21. The van der Waals surface area contributed by atoms with Crippen LogP contribution in [0.15, 0.2) is 59.1 Å². The van der Waals surface area contributed by atoms with Gasteiger partial charge in [0.1, 0.15) is 5.75 Å². The monoisotopic (exact) mass is 362 g/mol. The molecule has 0 saturated carbocycles. The van der Waals surface area contributed by atoms with Crippen LogP contribution in [0.3, 0.4) is 0 Å². The van der Waals surface area contributed by atoms with Crippen molar-refractivity contribution in [3.8, 4) is 17.1 Å². The number of carbonyl (C=O) groups is 1. The topological polar surface area (TPSA) is 55.6 Å². The van der Waals surface area contributed by atoms with E-state index in [1.165, 1.54) is 11.1 Å². The van der Waals surface area contributed by atoms with Crippen LogP contribution in [-0.4, -0.2) is 29.6 Å². The van der Waals surface area contributed by atoms with Crippen LogP contribution in [-0.2, 0) is 0 Å². The maximum absolute atomic E-state index is 13.1. The van der Waals surface area contributed by atoms with Gasteiger partial charge in [0, 0.05) is 12.6 Å². The number of methoxy groups -OCH3 is 1. The second-order valence-electron chi connectivity index (χ2n) is 6.79. The Bertz CT molecular complexity index is 963. The quantitative estimate of drug-likeness (QED) is 0.679. The van der Waals surface area contributed by atoms with Gasteiger partial charge in [-0.1, -0.05) is 41.6 Å². The molecule has 5 nitrogen and oxygen atoms in total. The Balaban J connectivity index is 1.62. The molecule has 138 valence electrons. The van der Waals surface area contributed by atoms with Crippen molar-refractivity contribution in [1.82, 2.24) is 10.1 Å². The van der Waals surface area contributed by atoms with Crippen molar-refractivity contribution in [2.45, 2.75) is 25.8 Å². The third-order valence-electron chi connectivity index (χ3n) is 5.16. The Hall–Kier alpha value is -3.08. The highest BCUT2D eigenvalue weighted by molar-refractivity contribution is 5.93. The second kappa shape index (κ2) is 7.27. The normalized spacial score (nSPS) is 16.5. The predicted octanol–water partition coefficient (Wildman–Crippen LogP) is 4.64. The van der Waals surface area contributed by atoms with Gasteiger partial charge in [0.2, 0.25) is 0 Å². The zero-order chi connectivity index (χ0) is 18.8. The number of carbonyl (C=O) groups excluding carboxylic acids is 1. The molecule has 0 N–H and O–H groups in total. The Morgan fingerprint density at radius 2 is 1.96 bits per heavy atom. The molecule has 1 fully saturated rings. The lowest BCUT2D eigenvalue weighted by atomic mass is 9.99. The average Bonchev–Trinajstić information content (AvgIpc) is 3.38. The number of hydrogen-bond acceptors (Lipinski definition) is 4. The molecule has 1 unspecified atom stereocenters. The molecular weight excluding hydrogens is 340 g/mol. The van der Waals surface area contributed by atoms with Crippen LogP contribution >= 0.6 is 0 Å². The number of ether oxygens (including phenoxy) is 1.